The van der Waals surface area contributed by atoms with Crippen LogP contribution in [0.25, 0.3) is 11.0 Å². The number of carbonyl (C=O) groups excluding carboxylic acids is 1. The van der Waals surface area contributed by atoms with Gasteiger partial charge in [0.25, 0.3) is 0 Å². The van der Waals surface area contributed by atoms with Crippen molar-refractivity contribution in [2.75, 3.05) is 6.61 Å². The van der Waals surface area contributed by atoms with E-state index in [0.29, 0.717) is 6.61 Å². The second-order valence-corrected chi connectivity index (χ2v) is 3.97. The lowest BCUT2D eigenvalue weighted by atomic mass is 10.1. The maximum atomic E-state index is 11.5. The van der Waals surface area contributed by atoms with E-state index in [1.165, 1.54) is 5.56 Å². The number of esters is 1. The largest absolute Gasteiger partial charge is 0.460 e. The van der Waals surface area contributed by atoms with Crippen molar-refractivity contribution >= 4 is 16.9 Å². The summed E-state index contributed by atoms with van der Waals surface area (Å²) in [6, 6.07) is 7.66. The highest BCUT2D eigenvalue weighted by molar-refractivity contribution is 5.92. The second kappa shape index (κ2) is 7.41. The summed E-state index contributed by atoms with van der Waals surface area (Å²) in [4.78, 5) is 11.5. The van der Waals surface area contributed by atoms with Crippen molar-refractivity contribution in [1.82, 2.24) is 0 Å². The molecule has 1 aromatic heterocycles. The monoisotopic (exact) mass is 260 g/mol. The Bertz CT molecular complexity index is 552. The topological polar surface area (TPSA) is 39.4 Å². The Morgan fingerprint density at radius 3 is 2.63 bits per heavy atom. The van der Waals surface area contributed by atoms with E-state index in [9.17, 15) is 4.79 Å². The van der Waals surface area contributed by atoms with Gasteiger partial charge in [-0.25, -0.2) is 4.79 Å². The van der Waals surface area contributed by atoms with Gasteiger partial charge in [-0.1, -0.05) is 25.1 Å². The van der Waals surface area contributed by atoms with E-state index in [-0.39, 0.29) is 5.76 Å². The lowest BCUT2D eigenvalue weighted by Crippen LogP contribution is -2.02. The van der Waals surface area contributed by atoms with Gasteiger partial charge in [0.1, 0.15) is 5.58 Å². The van der Waals surface area contributed by atoms with E-state index in [4.69, 9.17) is 9.15 Å². The van der Waals surface area contributed by atoms with E-state index in [1.807, 2.05) is 25.1 Å². The average molecular weight is 260 g/mol. The number of allylic oxidation sites excluding steroid dienone is 1. The van der Waals surface area contributed by atoms with Gasteiger partial charge in [0.2, 0.25) is 5.76 Å². The Morgan fingerprint density at radius 1 is 1.37 bits per heavy atom. The van der Waals surface area contributed by atoms with Crippen molar-refractivity contribution in [3.05, 3.63) is 48.2 Å². The van der Waals surface area contributed by atoms with Crippen LogP contribution in [0.15, 0.2) is 41.3 Å². The zero-order chi connectivity index (χ0) is 14.3. The van der Waals surface area contributed by atoms with Crippen LogP contribution in [0.2, 0.25) is 0 Å². The fourth-order valence-corrected chi connectivity index (χ4v) is 1.60. The number of furan rings is 1. The number of hydrogen-bond donors (Lipinski definition) is 0. The highest BCUT2D eigenvalue weighted by Gasteiger charge is 2.12. The molecule has 2 aromatic rings. The molecule has 0 amide bonds. The van der Waals surface area contributed by atoms with Gasteiger partial charge in [0.05, 0.1) is 6.61 Å². The Balaban J connectivity index is 0.000000550. The maximum absolute atomic E-state index is 11.5. The van der Waals surface area contributed by atoms with E-state index in [2.05, 4.69) is 13.5 Å². The molecule has 3 heteroatoms. The molecule has 0 radical (unpaired) electrons. The van der Waals surface area contributed by atoms with Gasteiger partial charge >= 0.3 is 5.97 Å². The Morgan fingerprint density at radius 2 is 2.05 bits per heavy atom. The van der Waals surface area contributed by atoms with Gasteiger partial charge in [-0.15, -0.1) is 6.58 Å². The minimum Gasteiger partial charge on any atom is -0.460 e. The van der Waals surface area contributed by atoms with Gasteiger partial charge in [0, 0.05) is 5.39 Å². The van der Waals surface area contributed by atoms with E-state index < -0.39 is 5.97 Å². The predicted molar refractivity (Wildman–Crippen MR) is 77.4 cm³/mol. The van der Waals surface area contributed by atoms with E-state index in [0.717, 1.165) is 17.4 Å². The molecule has 0 N–H and O–H groups in total. The van der Waals surface area contributed by atoms with Crippen molar-refractivity contribution < 1.29 is 13.9 Å². The van der Waals surface area contributed by atoms with Crippen molar-refractivity contribution in [3.63, 3.8) is 0 Å². The van der Waals surface area contributed by atoms with Crippen LogP contribution in [0.5, 0.6) is 0 Å². The summed E-state index contributed by atoms with van der Waals surface area (Å²) in [6.45, 7) is 9.46. The first kappa shape index (κ1) is 15.0. The first-order chi connectivity index (χ1) is 9.15. The van der Waals surface area contributed by atoms with Gasteiger partial charge in [-0.05, 0) is 38.0 Å². The first-order valence-corrected chi connectivity index (χ1v) is 6.42. The Labute approximate surface area is 113 Å². The maximum Gasteiger partial charge on any atom is 0.374 e. The molecule has 0 fully saturated rings. The molecule has 0 spiro atoms. The highest BCUT2D eigenvalue weighted by Crippen LogP contribution is 2.21. The van der Waals surface area contributed by atoms with Crippen molar-refractivity contribution in [2.24, 2.45) is 0 Å². The molecule has 1 aromatic carbocycles. The molecule has 0 bridgehead atoms. The first-order valence-electron chi connectivity index (χ1n) is 6.42. The fraction of sp³-hybridized carbons (Fsp3) is 0.312. The number of fused-ring (bicyclic) bond motifs is 1. The molecule has 0 aliphatic rings. The summed E-state index contributed by atoms with van der Waals surface area (Å²) >= 11 is 0. The Kier molecular flexibility index (Phi) is 5.86. The molecular weight excluding hydrogens is 240 g/mol. The minimum absolute atomic E-state index is 0.269. The molecular formula is C16H20O3. The molecule has 0 aliphatic carbocycles. The van der Waals surface area contributed by atoms with Crippen LogP contribution < -0.4 is 0 Å². The number of hydrogen-bond acceptors (Lipinski definition) is 3. The van der Waals surface area contributed by atoms with Gasteiger partial charge < -0.3 is 9.15 Å². The van der Waals surface area contributed by atoms with Gasteiger partial charge in [0.15, 0.2) is 0 Å². The third-order valence-corrected chi connectivity index (χ3v) is 2.47. The van der Waals surface area contributed by atoms with E-state index in [1.54, 1.807) is 19.1 Å². The molecule has 3 nitrogen and oxygen atoms in total. The third kappa shape index (κ3) is 3.98. The number of benzene rings is 1. The molecule has 0 unspecified atom stereocenters. The average Bonchev–Trinajstić information content (AvgIpc) is 2.82. The molecule has 1 heterocycles. The second-order valence-electron chi connectivity index (χ2n) is 3.97. The fourth-order valence-electron chi connectivity index (χ4n) is 1.60. The van der Waals surface area contributed by atoms with Crippen LogP contribution in [0.4, 0.5) is 0 Å². The van der Waals surface area contributed by atoms with Crippen molar-refractivity contribution in [3.8, 4) is 0 Å². The summed E-state index contributed by atoms with van der Waals surface area (Å²) in [6.07, 6.45) is 2.70. The summed E-state index contributed by atoms with van der Waals surface area (Å²) < 4.78 is 10.3. The summed E-state index contributed by atoms with van der Waals surface area (Å²) in [7, 11) is 0. The zero-order valence-corrected chi connectivity index (χ0v) is 11.7. The Hall–Kier alpha value is -2.03. The van der Waals surface area contributed by atoms with Crippen LogP contribution in [-0.4, -0.2) is 12.6 Å². The molecule has 102 valence electrons. The third-order valence-electron chi connectivity index (χ3n) is 2.47. The quantitative estimate of drug-likeness (QED) is 0.608. The molecule has 2 rings (SSSR count). The summed E-state index contributed by atoms with van der Waals surface area (Å²) in [5.41, 5.74) is 1.93. The van der Waals surface area contributed by atoms with Crippen molar-refractivity contribution in [1.29, 1.82) is 0 Å². The smallest absolute Gasteiger partial charge is 0.374 e. The SMILES string of the molecule is C=CC.CCOC(=O)c1cc2ccc(CC)cc2o1. The van der Waals surface area contributed by atoms with E-state index >= 15 is 0 Å². The number of carbonyl (C=O) groups is 1. The molecule has 0 saturated heterocycles. The van der Waals surface area contributed by atoms with Gasteiger partial charge in [-0.2, -0.15) is 0 Å². The zero-order valence-electron chi connectivity index (χ0n) is 11.7. The molecule has 19 heavy (non-hydrogen) atoms. The lowest BCUT2D eigenvalue weighted by molar-refractivity contribution is 0.0492. The van der Waals surface area contributed by atoms with Gasteiger partial charge in [-0.3, -0.25) is 0 Å². The van der Waals surface area contributed by atoms with Crippen LogP contribution >= 0.6 is 0 Å². The molecule has 0 saturated carbocycles. The standard InChI is InChI=1S/C13H14O3.C3H6/c1-3-9-5-6-10-8-12(13(14)15-4-2)16-11(10)7-9;1-3-2/h5-8H,3-4H2,1-2H3;3H,1H2,2H3. The van der Waals surface area contributed by atoms with Crippen LogP contribution in [0, 0.1) is 0 Å². The van der Waals surface area contributed by atoms with Crippen molar-refractivity contribution in [2.45, 2.75) is 27.2 Å². The number of ether oxygens (including phenoxy) is 1. The highest BCUT2D eigenvalue weighted by atomic mass is 16.5. The van der Waals surface area contributed by atoms with Crippen LogP contribution in [0.3, 0.4) is 0 Å². The van der Waals surface area contributed by atoms with Crippen LogP contribution in [-0.2, 0) is 11.2 Å². The van der Waals surface area contributed by atoms with Crippen LogP contribution in [0.1, 0.15) is 36.9 Å². The number of aryl methyl sites for hydroxylation is 1. The summed E-state index contributed by atoms with van der Waals surface area (Å²) in [5.74, 6) is -0.137. The molecule has 0 aliphatic heterocycles. The predicted octanol–water partition coefficient (Wildman–Crippen LogP) is 4.36. The lowest BCUT2D eigenvalue weighted by Gasteiger charge is -1.96. The molecule has 0 atom stereocenters. The number of rotatable bonds is 3. The normalized spacial score (nSPS) is 9.63. The minimum atomic E-state index is -0.406. The summed E-state index contributed by atoms with van der Waals surface area (Å²) in [5, 5.41) is 0.931.